The maximum absolute atomic E-state index is 13.8. The van der Waals surface area contributed by atoms with Crippen molar-refractivity contribution in [1.29, 1.82) is 0 Å². The fourth-order valence-electron chi connectivity index (χ4n) is 4.00. The van der Waals surface area contributed by atoms with Crippen molar-refractivity contribution >= 4 is 44.7 Å². The molecular weight excluding hydrogens is 520 g/mol. The van der Waals surface area contributed by atoms with Crippen LogP contribution in [0, 0.1) is 20.8 Å². The standard InChI is InChI=1S/C30H27ClN2O4S/c1-20-10-14-25(15-11-20)38(36,37)33(28-17-21(2)9-12-22(28)3)19-29(34)32-27-16-13-24(31)18-26(27)30(35)23-7-5-4-6-8-23/h4-18H,19H2,1-3H3,(H,32,34). The van der Waals surface area contributed by atoms with Crippen LogP contribution in [0.25, 0.3) is 0 Å². The van der Waals surface area contributed by atoms with E-state index in [4.69, 9.17) is 11.6 Å². The molecule has 0 aliphatic carbocycles. The van der Waals surface area contributed by atoms with Gasteiger partial charge < -0.3 is 5.32 Å². The molecule has 8 heteroatoms. The molecule has 4 rings (SSSR count). The van der Waals surface area contributed by atoms with Gasteiger partial charge in [0.2, 0.25) is 5.91 Å². The number of carbonyl (C=O) groups is 2. The SMILES string of the molecule is Cc1ccc(S(=O)(=O)N(CC(=O)Nc2ccc(Cl)cc2C(=O)c2ccccc2)c2cc(C)ccc2C)cc1. The van der Waals surface area contributed by atoms with Gasteiger partial charge in [-0.3, -0.25) is 13.9 Å². The highest BCUT2D eigenvalue weighted by molar-refractivity contribution is 7.92. The summed E-state index contributed by atoms with van der Waals surface area (Å²) in [7, 11) is -4.09. The third-order valence-electron chi connectivity index (χ3n) is 6.07. The summed E-state index contributed by atoms with van der Waals surface area (Å²) in [6, 6.07) is 25.1. The number of sulfonamides is 1. The first-order valence-electron chi connectivity index (χ1n) is 11.9. The van der Waals surface area contributed by atoms with Gasteiger partial charge >= 0.3 is 0 Å². The van der Waals surface area contributed by atoms with Gasteiger partial charge in [-0.1, -0.05) is 71.8 Å². The summed E-state index contributed by atoms with van der Waals surface area (Å²) in [5, 5.41) is 3.07. The average molecular weight is 547 g/mol. The predicted molar refractivity (Wildman–Crippen MR) is 152 cm³/mol. The van der Waals surface area contributed by atoms with Crippen LogP contribution in [0.3, 0.4) is 0 Å². The van der Waals surface area contributed by atoms with Gasteiger partial charge in [-0.15, -0.1) is 0 Å². The molecule has 0 heterocycles. The summed E-state index contributed by atoms with van der Waals surface area (Å²) < 4.78 is 28.7. The Morgan fingerprint density at radius 2 is 1.47 bits per heavy atom. The maximum atomic E-state index is 13.8. The van der Waals surface area contributed by atoms with Crippen LogP contribution in [0.4, 0.5) is 11.4 Å². The Morgan fingerprint density at radius 3 is 2.16 bits per heavy atom. The molecule has 6 nitrogen and oxygen atoms in total. The average Bonchev–Trinajstić information content (AvgIpc) is 2.90. The smallest absolute Gasteiger partial charge is 0.264 e. The van der Waals surface area contributed by atoms with Crippen molar-refractivity contribution < 1.29 is 18.0 Å². The molecule has 0 aliphatic heterocycles. The molecule has 0 radical (unpaired) electrons. The topological polar surface area (TPSA) is 83.6 Å². The van der Waals surface area contributed by atoms with Gasteiger partial charge in [0.05, 0.1) is 16.3 Å². The van der Waals surface area contributed by atoms with Crippen LogP contribution in [-0.2, 0) is 14.8 Å². The first kappa shape index (κ1) is 27.1. The Kier molecular flexibility index (Phi) is 7.99. The summed E-state index contributed by atoms with van der Waals surface area (Å²) in [5.41, 5.74) is 3.74. The summed E-state index contributed by atoms with van der Waals surface area (Å²) in [6.45, 7) is 5.02. The zero-order valence-corrected chi connectivity index (χ0v) is 22.8. The zero-order chi connectivity index (χ0) is 27.4. The van der Waals surface area contributed by atoms with E-state index in [1.54, 1.807) is 61.5 Å². The molecule has 0 bridgehead atoms. The highest BCUT2D eigenvalue weighted by atomic mass is 35.5. The largest absolute Gasteiger partial charge is 0.324 e. The molecule has 0 atom stereocenters. The van der Waals surface area contributed by atoms with E-state index in [1.165, 1.54) is 24.3 Å². The Bertz CT molecular complexity index is 1600. The van der Waals surface area contributed by atoms with Crippen molar-refractivity contribution in [1.82, 2.24) is 0 Å². The van der Waals surface area contributed by atoms with E-state index in [1.807, 2.05) is 26.0 Å². The number of benzene rings is 4. The van der Waals surface area contributed by atoms with Gasteiger partial charge in [0.25, 0.3) is 10.0 Å². The molecular formula is C30H27ClN2O4S. The number of ketones is 1. The van der Waals surface area contributed by atoms with Gasteiger partial charge in [0, 0.05) is 16.1 Å². The fourth-order valence-corrected chi connectivity index (χ4v) is 5.65. The van der Waals surface area contributed by atoms with E-state index < -0.39 is 22.5 Å². The van der Waals surface area contributed by atoms with E-state index in [2.05, 4.69) is 5.32 Å². The lowest BCUT2D eigenvalue weighted by Gasteiger charge is -2.26. The molecule has 1 amide bonds. The van der Waals surface area contributed by atoms with Crippen molar-refractivity contribution in [2.24, 2.45) is 0 Å². The minimum atomic E-state index is -4.09. The first-order valence-corrected chi connectivity index (χ1v) is 13.7. The van der Waals surface area contributed by atoms with Crippen LogP contribution in [-0.4, -0.2) is 26.7 Å². The molecule has 0 fully saturated rings. The van der Waals surface area contributed by atoms with Crippen molar-refractivity contribution in [3.8, 4) is 0 Å². The molecule has 1 N–H and O–H groups in total. The summed E-state index contributed by atoms with van der Waals surface area (Å²) in [4.78, 5) is 26.6. The van der Waals surface area contributed by atoms with Crippen LogP contribution < -0.4 is 9.62 Å². The molecule has 4 aromatic carbocycles. The molecule has 0 aromatic heterocycles. The monoisotopic (exact) mass is 546 g/mol. The van der Waals surface area contributed by atoms with E-state index in [-0.39, 0.29) is 21.9 Å². The molecule has 0 unspecified atom stereocenters. The molecule has 0 saturated heterocycles. The van der Waals surface area contributed by atoms with Crippen molar-refractivity contribution in [3.63, 3.8) is 0 Å². The Hall–Kier alpha value is -3.94. The minimum absolute atomic E-state index is 0.0724. The third kappa shape index (κ3) is 5.96. The second-order valence-corrected chi connectivity index (χ2v) is 11.3. The van der Waals surface area contributed by atoms with Crippen molar-refractivity contribution in [2.75, 3.05) is 16.2 Å². The highest BCUT2D eigenvalue weighted by Crippen LogP contribution is 2.29. The number of hydrogen-bond donors (Lipinski definition) is 1. The summed E-state index contributed by atoms with van der Waals surface area (Å²) >= 11 is 6.17. The van der Waals surface area contributed by atoms with Gasteiger partial charge in [0.15, 0.2) is 5.78 Å². The molecule has 0 aliphatic rings. The number of halogens is 1. The Labute approximate surface area is 227 Å². The van der Waals surface area contributed by atoms with E-state index >= 15 is 0 Å². The summed E-state index contributed by atoms with van der Waals surface area (Å²) in [6.07, 6.45) is 0. The molecule has 38 heavy (non-hydrogen) atoms. The van der Waals surface area contributed by atoms with Crippen LogP contribution in [0.1, 0.15) is 32.6 Å². The van der Waals surface area contributed by atoms with Gasteiger partial charge in [-0.2, -0.15) is 0 Å². The quantitative estimate of drug-likeness (QED) is 0.262. The van der Waals surface area contributed by atoms with Crippen LogP contribution >= 0.6 is 11.6 Å². The lowest BCUT2D eigenvalue weighted by atomic mass is 10.0. The second kappa shape index (κ2) is 11.2. The molecule has 0 spiro atoms. The number of nitrogens with one attached hydrogen (secondary N) is 1. The van der Waals surface area contributed by atoms with Gasteiger partial charge in [0.1, 0.15) is 6.54 Å². The third-order valence-corrected chi connectivity index (χ3v) is 8.07. The van der Waals surface area contributed by atoms with Crippen LogP contribution in [0.2, 0.25) is 5.02 Å². The molecule has 194 valence electrons. The number of anilines is 2. The van der Waals surface area contributed by atoms with Crippen molar-refractivity contribution in [3.05, 3.63) is 124 Å². The van der Waals surface area contributed by atoms with Crippen molar-refractivity contribution in [2.45, 2.75) is 25.7 Å². The number of aryl methyl sites for hydroxylation is 3. The van der Waals surface area contributed by atoms with E-state index in [9.17, 15) is 18.0 Å². The van der Waals surface area contributed by atoms with E-state index in [0.717, 1.165) is 15.4 Å². The molecule has 0 saturated carbocycles. The fraction of sp³-hybridized carbons (Fsp3) is 0.133. The Balaban J connectivity index is 1.71. The minimum Gasteiger partial charge on any atom is -0.324 e. The lowest BCUT2D eigenvalue weighted by Crippen LogP contribution is -2.38. The Morgan fingerprint density at radius 1 is 0.816 bits per heavy atom. The van der Waals surface area contributed by atoms with E-state index in [0.29, 0.717) is 21.8 Å². The number of rotatable bonds is 8. The maximum Gasteiger partial charge on any atom is 0.264 e. The first-order chi connectivity index (χ1) is 18.1. The van der Waals surface area contributed by atoms with Gasteiger partial charge in [-0.25, -0.2) is 8.42 Å². The van der Waals surface area contributed by atoms with Crippen LogP contribution in [0.15, 0.2) is 95.9 Å². The predicted octanol–water partition coefficient (Wildman–Crippen LogP) is 6.33. The second-order valence-electron chi connectivity index (χ2n) is 9.05. The number of nitrogens with zero attached hydrogens (tertiary/aromatic N) is 1. The van der Waals surface area contributed by atoms with Crippen LogP contribution in [0.5, 0.6) is 0 Å². The zero-order valence-electron chi connectivity index (χ0n) is 21.2. The number of amides is 1. The number of hydrogen-bond acceptors (Lipinski definition) is 4. The lowest BCUT2D eigenvalue weighted by molar-refractivity contribution is -0.114. The normalized spacial score (nSPS) is 11.2. The highest BCUT2D eigenvalue weighted by Gasteiger charge is 2.29. The van der Waals surface area contributed by atoms with Gasteiger partial charge in [-0.05, 0) is 68.3 Å². The number of carbonyl (C=O) groups excluding carboxylic acids is 2. The molecule has 4 aromatic rings. The summed E-state index contributed by atoms with van der Waals surface area (Å²) in [5.74, 6) is -0.923.